The summed E-state index contributed by atoms with van der Waals surface area (Å²) in [5, 5.41) is 12.1. The van der Waals surface area contributed by atoms with Crippen molar-refractivity contribution in [3.63, 3.8) is 0 Å². The van der Waals surface area contributed by atoms with Gasteiger partial charge in [0.05, 0.1) is 0 Å². The van der Waals surface area contributed by atoms with E-state index in [-0.39, 0.29) is 6.04 Å². The van der Waals surface area contributed by atoms with Gasteiger partial charge >= 0.3 is 5.97 Å². The number of aliphatic carboxylic acids is 1. The van der Waals surface area contributed by atoms with Gasteiger partial charge in [-0.25, -0.2) is 0 Å². The summed E-state index contributed by atoms with van der Waals surface area (Å²) in [6, 6.07) is 9.72. The number of nitrogens with one attached hydrogen (secondary N) is 1. The van der Waals surface area contributed by atoms with Crippen LogP contribution in [0.25, 0.3) is 0 Å². The molecule has 0 unspecified atom stereocenters. The normalized spacial score (nSPS) is 26.1. The molecule has 1 aliphatic heterocycles. The van der Waals surface area contributed by atoms with Crippen LogP contribution < -0.4 is 5.32 Å². The highest BCUT2D eigenvalue weighted by Crippen LogP contribution is 2.24. The largest absolute Gasteiger partial charge is 0.480 e. The summed E-state index contributed by atoms with van der Waals surface area (Å²) >= 11 is 1.69. The number of rotatable bonds is 2. The van der Waals surface area contributed by atoms with E-state index in [4.69, 9.17) is 5.11 Å². The summed E-state index contributed by atoms with van der Waals surface area (Å²) in [4.78, 5) is 10.9. The lowest BCUT2D eigenvalue weighted by atomic mass is 10.1. The van der Waals surface area contributed by atoms with E-state index in [1.807, 2.05) is 30.3 Å². The van der Waals surface area contributed by atoms with Crippen LogP contribution in [0.5, 0.6) is 0 Å². The van der Waals surface area contributed by atoms with E-state index in [0.29, 0.717) is 5.75 Å². The topological polar surface area (TPSA) is 49.3 Å². The predicted molar refractivity (Wildman–Crippen MR) is 61.1 cm³/mol. The lowest BCUT2D eigenvalue weighted by Gasteiger charge is -2.28. The molecule has 3 nitrogen and oxygen atoms in total. The van der Waals surface area contributed by atoms with E-state index in [9.17, 15) is 4.79 Å². The molecule has 0 radical (unpaired) electrons. The van der Waals surface area contributed by atoms with Gasteiger partial charge in [0.1, 0.15) is 6.04 Å². The number of carbonyl (C=O) groups is 1. The Bertz CT molecular complexity index is 342. The molecule has 1 fully saturated rings. The van der Waals surface area contributed by atoms with E-state index >= 15 is 0 Å². The van der Waals surface area contributed by atoms with Gasteiger partial charge in [-0.1, -0.05) is 30.3 Å². The third kappa shape index (κ3) is 2.52. The summed E-state index contributed by atoms with van der Waals surface area (Å²) in [6.07, 6.45) is 0. The number of hydrogen-bond acceptors (Lipinski definition) is 3. The zero-order valence-corrected chi connectivity index (χ0v) is 9.04. The summed E-state index contributed by atoms with van der Waals surface area (Å²) in [5.41, 5.74) is 1.16. The smallest absolute Gasteiger partial charge is 0.321 e. The average molecular weight is 223 g/mol. The minimum atomic E-state index is -0.761. The number of carboxylic acid groups (broad SMARTS) is 1. The number of hydrogen-bond donors (Lipinski definition) is 2. The van der Waals surface area contributed by atoms with Crippen molar-refractivity contribution in [1.82, 2.24) is 5.32 Å². The molecular weight excluding hydrogens is 210 g/mol. The standard InChI is InChI=1S/C11H13NO2S/c13-11(14)10-7-15-6-9(12-10)8-4-2-1-3-5-8/h1-5,9-10,12H,6-7H2,(H,13,14)/t9-,10+/m1/s1. The van der Waals surface area contributed by atoms with Crippen LogP contribution in [0.3, 0.4) is 0 Å². The SMILES string of the molecule is O=C(O)[C@@H]1CSC[C@H](c2ccccc2)N1. The van der Waals surface area contributed by atoms with E-state index in [0.717, 1.165) is 11.3 Å². The van der Waals surface area contributed by atoms with Crippen LogP contribution in [-0.2, 0) is 4.79 Å². The van der Waals surface area contributed by atoms with Crippen molar-refractivity contribution in [3.8, 4) is 0 Å². The van der Waals surface area contributed by atoms with Crippen LogP contribution in [0.4, 0.5) is 0 Å². The average Bonchev–Trinajstić information content (AvgIpc) is 2.30. The second kappa shape index (κ2) is 4.68. The zero-order chi connectivity index (χ0) is 10.7. The number of thioether (sulfide) groups is 1. The maximum absolute atomic E-state index is 10.9. The fourth-order valence-corrected chi connectivity index (χ4v) is 2.80. The molecule has 0 spiro atoms. The fraction of sp³-hybridized carbons (Fsp3) is 0.364. The predicted octanol–water partition coefficient (Wildman–Crippen LogP) is 1.52. The molecule has 1 aliphatic rings. The quantitative estimate of drug-likeness (QED) is 0.798. The van der Waals surface area contributed by atoms with Crippen LogP contribution in [0.15, 0.2) is 30.3 Å². The highest BCUT2D eigenvalue weighted by molar-refractivity contribution is 7.99. The Morgan fingerprint density at radius 1 is 1.33 bits per heavy atom. The van der Waals surface area contributed by atoms with Crippen LogP contribution in [-0.4, -0.2) is 28.6 Å². The van der Waals surface area contributed by atoms with Crippen molar-refractivity contribution in [2.24, 2.45) is 0 Å². The summed E-state index contributed by atoms with van der Waals surface area (Å²) in [6.45, 7) is 0. The first-order valence-corrected chi connectivity index (χ1v) is 6.04. The van der Waals surface area contributed by atoms with Gasteiger partial charge in [-0.15, -0.1) is 0 Å². The highest BCUT2D eigenvalue weighted by Gasteiger charge is 2.26. The van der Waals surface area contributed by atoms with Crippen molar-refractivity contribution in [3.05, 3.63) is 35.9 Å². The van der Waals surface area contributed by atoms with E-state index < -0.39 is 12.0 Å². The third-order valence-corrected chi connectivity index (χ3v) is 3.61. The van der Waals surface area contributed by atoms with Gasteiger partial charge in [0.2, 0.25) is 0 Å². The molecule has 0 saturated carbocycles. The second-order valence-corrected chi connectivity index (χ2v) is 4.63. The molecule has 80 valence electrons. The molecule has 1 aromatic carbocycles. The van der Waals surface area contributed by atoms with E-state index in [2.05, 4.69) is 5.32 Å². The molecule has 0 aromatic heterocycles. The van der Waals surface area contributed by atoms with Crippen molar-refractivity contribution < 1.29 is 9.90 Å². The number of benzene rings is 1. The van der Waals surface area contributed by atoms with Gasteiger partial charge in [0.25, 0.3) is 0 Å². The van der Waals surface area contributed by atoms with Crippen LogP contribution in [0.1, 0.15) is 11.6 Å². The van der Waals surface area contributed by atoms with Gasteiger partial charge in [-0.2, -0.15) is 11.8 Å². The van der Waals surface area contributed by atoms with Gasteiger partial charge < -0.3 is 5.11 Å². The molecule has 15 heavy (non-hydrogen) atoms. The van der Waals surface area contributed by atoms with Gasteiger partial charge in [-0.05, 0) is 5.56 Å². The molecule has 0 bridgehead atoms. The van der Waals surface area contributed by atoms with Crippen molar-refractivity contribution in [2.75, 3.05) is 11.5 Å². The third-order valence-electron chi connectivity index (χ3n) is 2.47. The first kappa shape index (κ1) is 10.5. The van der Waals surface area contributed by atoms with Crippen LogP contribution in [0.2, 0.25) is 0 Å². The minimum Gasteiger partial charge on any atom is -0.480 e. The Balaban J connectivity index is 2.08. The van der Waals surface area contributed by atoms with Gasteiger partial charge in [0, 0.05) is 17.5 Å². The Hall–Kier alpha value is -1.00. The molecule has 1 saturated heterocycles. The van der Waals surface area contributed by atoms with Crippen molar-refractivity contribution >= 4 is 17.7 Å². The number of carboxylic acids is 1. The van der Waals surface area contributed by atoms with Crippen LogP contribution >= 0.6 is 11.8 Å². The maximum atomic E-state index is 10.9. The molecule has 0 amide bonds. The Labute approximate surface area is 92.9 Å². The molecule has 2 atom stereocenters. The van der Waals surface area contributed by atoms with Crippen LogP contribution in [0, 0.1) is 0 Å². The Morgan fingerprint density at radius 2 is 2.07 bits per heavy atom. The molecule has 2 N–H and O–H groups in total. The first-order valence-electron chi connectivity index (χ1n) is 4.89. The Kier molecular flexibility index (Phi) is 3.28. The van der Waals surface area contributed by atoms with Crippen molar-refractivity contribution in [1.29, 1.82) is 0 Å². The maximum Gasteiger partial charge on any atom is 0.321 e. The summed E-state index contributed by atoms with van der Waals surface area (Å²) < 4.78 is 0. The summed E-state index contributed by atoms with van der Waals surface area (Å²) in [5.74, 6) is 0.829. The monoisotopic (exact) mass is 223 g/mol. The lowest BCUT2D eigenvalue weighted by molar-refractivity contribution is -0.139. The van der Waals surface area contributed by atoms with E-state index in [1.54, 1.807) is 11.8 Å². The molecule has 2 rings (SSSR count). The molecule has 1 heterocycles. The zero-order valence-electron chi connectivity index (χ0n) is 8.22. The van der Waals surface area contributed by atoms with Gasteiger partial charge in [-0.3, -0.25) is 10.1 Å². The Morgan fingerprint density at radius 3 is 2.73 bits per heavy atom. The van der Waals surface area contributed by atoms with Crippen molar-refractivity contribution in [2.45, 2.75) is 12.1 Å². The minimum absolute atomic E-state index is 0.158. The highest BCUT2D eigenvalue weighted by atomic mass is 32.2. The molecular formula is C11H13NO2S. The first-order chi connectivity index (χ1) is 7.27. The van der Waals surface area contributed by atoms with E-state index in [1.165, 1.54) is 0 Å². The molecule has 4 heteroatoms. The lowest BCUT2D eigenvalue weighted by Crippen LogP contribution is -2.45. The van der Waals surface area contributed by atoms with Gasteiger partial charge in [0.15, 0.2) is 0 Å². The fourth-order valence-electron chi connectivity index (χ4n) is 1.66. The second-order valence-electron chi connectivity index (χ2n) is 3.56. The summed E-state index contributed by atoms with van der Waals surface area (Å²) in [7, 11) is 0. The molecule has 1 aromatic rings. The molecule has 0 aliphatic carbocycles.